The van der Waals surface area contributed by atoms with Gasteiger partial charge < -0.3 is 14.4 Å². The molecule has 2 rings (SSSR count). The zero-order chi connectivity index (χ0) is 12.8. The molecule has 1 saturated heterocycles. The third-order valence-corrected chi connectivity index (χ3v) is 2.76. The van der Waals surface area contributed by atoms with E-state index in [-0.39, 0.29) is 18.7 Å². The highest BCUT2D eigenvalue weighted by Gasteiger charge is 2.24. The lowest BCUT2D eigenvalue weighted by atomic mass is 10.3. The highest BCUT2D eigenvalue weighted by Crippen LogP contribution is 2.18. The van der Waals surface area contributed by atoms with Gasteiger partial charge in [-0.1, -0.05) is 0 Å². The van der Waals surface area contributed by atoms with Crippen LogP contribution >= 0.6 is 0 Å². The molecule has 1 fully saturated rings. The van der Waals surface area contributed by atoms with E-state index in [1.807, 2.05) is 0 Å². The molecule has 6 nitrogen and oxygen atoms in total. The van der Waals surface area contributed by atoms with Crippen molar-refractivity contribution in [1.29, 1.82) is 0 Å². The molecule has 1 aromatic heterocycles. The molecule has 0 spiro atoms. The summed E-state index contributed by atoms with van der Waals surface area (Å²) in [6.07, 6.45) is 5.98. The van der Waals surface area contributed by atoms with Gasteiger partial charge in [-0.3, -0.25) is 4.98 Å². The van der Waals surface area contributed by atoms with Crippen LogP contribution in [0, 0.1) is 0 Å². The maximum Gasteiger partial charge on any atom is 0.332 e. The van der Waals surface area contributed by atoms with Crippen molar-refractivity contribution in [3.05, 3.63) is 18.6 Å². The Morgan fingerprint density at radius 1 is 1.56 bits per heavy atom. The first kappa shape index (κ1) is 12.8. The molecule has 6 heteroatoms. The Labute approximate surface area is 106 Å². The largest absolute Gasteiger partial charge is 0.464 e. The Morgan fingerprint density at radius 3 is 3.17 bits per heavy atom. The van der Waals surface area contributed by atoms with Gasteiger partial charge in [0.15, 0.2) is 0 Å². The van der Waals surface area contributed by atoms with E-state index >= 15 is 0 Å². The fourth-order valence-electron chi connectivity index (χ4n) is 1.92. The molecule has 0 unspecified atom stereocenters. The summed E-state index contributed by atoms with van der Waals surface area (Å²) in [7, 11) is 0. The molecule has 98 valence electrons. The molecule has 0 bridgehead atoms. The SMILES string of the molecule is CCOC(=O)CO[C@H]1CCN(c2cnccn2)C1. The average Bonchev–Trinajstić information content (AvgIpc) is 2.87. The fourth-order valence-corrected chi connectivity index (χ4v) is 1.92. The minimum atomic E-state index is -0.310. The van der Waals surface area contributed by atoms with Crippen molar-refractivity contribution in [2.24, 2.45) is 0 Å². The maximum atomic E-state index is 11.2. The molecule has 1 aliphatic heterocycles. The quantitative estimate of drug-likeness (QED) is 0.715. The van der Waals surface area contributed by atoms with E-state index in [0.717, 1.165) is 25.3 Å². The van der Waals surface area contributed by atoms with Gasteiger partial charge in [0.25, 0.3) is 0 Å². The minimum absolute atomic E-state index is 0.0206. The van der Waals surface area contributed by atoms with E-state index in [9.17, 15) is 4.79 Å². The lowest BCUT2D eigenvalue weighted by Gasteiger charge is -2.16. The van der Waals surface area contributed by atoms with Crippen LogP contribution in [0.25, 0.3) is 0 Å². The number of carbonyl (C=O) groups is 1. The van der Waals surface area contributed by atoms with Crippen LogP contribution in [0.4, 0.5) is 5.82 Å². The highest BCUT2D eigenvalue weighted by atomic mass is 16.6. The average molecular weight is 251 g/mol. The smallest absolute Gasteiger partial charge is 0.332 e. The van der Waals surface area contributed by atoms with Gasteiger partial charge in [-0.15, -0.1) is 0 Å². The second-order valence-electron chi connectivity index (χ2n) is 4.04. The second-order valence-corrected chi connectivity index (χ2v) is 4.04. The first-order chi connectivity index (χ1) is 8.79. The summed E-state index contributed by atoms with van der Waals surface area (Å²) in [5.74, 6) is 0.537. The van der Waals surface area contributed by atoms with Crippen LogP contribution in [0.5, 0.6) is 0 Å². The van der Waals surface area contributed by atoms with E-state index < -0.39 is 0 Å². The molecule has 0 radical (unpaired) electrons. The normalized spacial score (nSPS) is 18.9. The van der Waals surface area contributed by atoms with Gasteiger partial charge >= 0.3 is 5.97 Å². The van der Waals surface area contributed by atoms with Gasteiger partial charge in [0, 0.05) is 25.5 Å². The zero-order valence-corrected chi connectivity index (χ0v) is 10.4. The Hall–Kier alpha value is -1.69. The van der Waals surface area contributed by atoms with Crippen LogP contribution in [-0.2, 0) is 14.3 Å². The molecule has 2 heterocycles. The Kier molecular flexibility index (Phi) is 4.46. The molecule has 1 aliphatic rings. The van der Waals surface area contributed by atoms with Crippen LogP contribution in [-0.4, -0.2) is 48.3 Å². The first-order valence-electron chi connectivity index (χ1n) is 6.07. The number of ether oxygens (including phenoxy) is 2. The predicted molar refractivity (Wildman–Crippen MR) is 65.2 cm³/mol. The molecule has 18 heavy (non-hydrogen) atoms. The summed E-state index contributed by atoms with van der Waals surface area (Å²) in [6, 6.07) is 0. The van der Waals surface area contributed by atoms with Crippen LogP contribution < -0.4 is 4.90 Å². The highest BCUT2D eigenvalue weighted by molar-refractivity contribution is 5.70. The van der Waals surface area contributed by atoms with Gasteiger partial charge in [-0.2, -0.15) is 0 Å². The first-order valence-corrected chi connectivity index (χ1v) is 6.07. The number of carbonyl (C=O) groups excluding carboxylic acids is 1. The van der Waals surface area contributed by atoms with Gasteiger partial charge in [-0.25, -0.2) is 9.78 Å². The van der Waals surface area contributed by atoms with E-state index in [1.165, 1.54) is 0 Å². The molecule has 0 aromatic carbocycles. The third-order valence-electron chi connectivity index (χ3n) is 2.76. The van der Waals surface area contributed by atoms with Crippen molar-refractivity contribution in [2.45, 2.75) is 19.4 Å². The number of esters is 1. The molecule has 0 aliphatic carbocycles. The summed E-state index contributed by atoms with van der Waals surface area (Å²) < 4.78 is 10.3. The van der Waals surface area contributed by atoms with E-state index in [2.05, 4.69) is 14.9 Å². The van der Waals surface area contributed by atoms with Crippen LogP contribution in [0.2, 0.25) is 0 Å². The summed E-state index contributed by atoms with van der Waals surface area (Å²) in [5.41, 5.74) is 0. The minimum Gasteiger partial charge on any atom is -0.464 e. The summed E-state index contributed by atoms with van der Waals surface area (Å²) in [6.45, 7) is 3.79. The Morgan fingerprint density at radius 2 is 2.44 bits per heavy atom. The number of hydrogen-bond donors (Lipinski definition) is 0. The molecular weight excluding hydrogens is 234 g/mol. The maximum absolute atomic E-state index is 11.2. The van der Waals surface area contributed by atoms with Crippen LogP contribution in [0.15, 0.2) is 18.6 Å². The number of nitrogens with zero attached hydrogens (tertiary/aromatic N) is 3. The fraction of sp³-hybridized carbons (Fsp3) is 0.583. The van der Waals surface area contributed by atoms with Gasteiger partial charge in [0.2, 0.25) is 0 Å². The van der Waals surface area contributed by atoms with Crippen LogP contribution in [0.3, 0.4) is 0 Å². The number of anilines is 1. The summed E-state index contributed by atoms with van der Waals surface area (Å²) >= 11 is 0. The van der Waals surface area contributed by atoms with E-state index in [0.29, 0.717) is 6.61 Å². The lowest BCUT2D eigenvalue weighted by Crippen LogP contribution is -2.25. The second kappa shape index (κ2) is 6.30. The van der Waals surface area contributed by atoms with Crippen molar-refractivity contribution >= 4 is 11.8 Å². The lowest BCUT2D eigenvalue weighted by molar-refractivity contribution is -0.150. The van der Waals surface area contributed by atoms with Crippen molar-refractivity contribution < 1.29 is 14.3 Å². The van der Waals surface area contributed by atoms with Gasteiger partial charge in [0.1, 0.15) is 12.4 Å². The molecule has 0 amide bonds. The molecule has 0 saturated carbocycles. The number of rotatable bonds is 5. The van der Waals surface area contributed by atoms with Crippen molar-refractivity contribution in [2.75, 3.05) is 31.2 Å². The van der Waals surface area contributed by atoms with Crippen molar-refractivity contribution in [3.8, 4) is 0 Å². The van der Waals surface area contributed by atoms with Gasteiger partial charge in [-0.05, 0) is 13.3 Å². The van der Waals surface area contributed by atoms with Gasteiger partial charge in [0.05, 0.1) is 18.9 Å². The summed E-state index contributed by atoms with van der Waals surface area (Å²) in [5, 5.41) is 0. The van der Waals surface area contributed by atoms with E-state index in [1.54, 1.807) is 25.5 Å². The summed E-state index contributed by atoms with van der Waals surface area (Å²) in [4.78, 5) is 21.5. The molecule has 1 atom stereocenters. The number of aromatic nitrogens is 2. The topological polar surface area (TPSA) is 64.6 Å². The molecule has 0 N–H and O–H groups in total. The van der Waals surface area contributed by atoms with E-state index in [4.69, 9.17) is 9.47 Å². The third kappa shape index (κ3) is 3.40. The molecule has 1 aromatic rings. The standard InChI is InChI=1S/C12H17N3O3/c1-2-17-12(16)9-18-10-3-6-15(8-10)11-7-13-4-5-14-11/h4-5,7,10H,2-3,6,8-9H2,1H3/t10-/m0/s1. The number of hydrogen-bond acceptors (Lipinski definition) is 6. The Balaban J connectivity index is 1.77. The Bertz CT molecular complexity index is 385. The zero-order valence-electron chi connectivity index (χ0n) is 10.4. The van der Waals surface area contributed by atoms with Crippen LogP contribution in [0.1, 0.15) is 13.3 Å². The predicted octanol–water partition coefficient (Wildman–Crippen LogP) is 0.635. The molecular formula is C12H17N3O3. The van der Waals surface area contributed by atoms with Crippen molar-refractivity contribution in [3.63, 3.8) is 0 Å². The monoisotopic (exact) mass is 251 g/mol. The van der Waals surface area contributed by atoms with Crippen molar-refractivity contribution in [1.82, 2.24) is 9.97 Å².